The number of methoxy groups -OCH3 is 1. The molecule has 1 aromatic heterocycles. The van der Waals surface area contributed by atoms with Gasteiger partial charge in [-0.3, -0.25) is 0 Å². The molecule has 0 amide bonds. The Bertz CT molecular complexity index is 520. The number of hydrogen-bond acceptors (Lipinski definition) is 6. The Morgan fingerprint density at radius 3 is 2.95 bits per heavy atom. The normalized spacial score (nSPS) is 18.4. The van der Waals surface area contributed by atoms with Crippen LogP contribution in [0.25, 0.3) is 0 Å². The van der Waals surface area contributed by atoms with Crippen molar-refractivity contribution in [2.45, 2.75) is 25.8 Å². The number of esters is 1. The van der Waals surface area contributed by atoms with E-state index in [0.717, 1.165) is 25.1 Å². The van der Waals surface area contributed by atoms with Gasteiger partial charge in [0.2, 0.25) is 5.95 Å². The number of hydrogen-bond donors (Lipinski definition) is 1. The molecule has 2 rings (SSSR count). The molecule has 1 aromatic rings. The van der Waals surface area contributed by atoms with E-state index < -0.39 is 0 Å². The van der Waals surface area contributed by atoms with E-state index in [4.69, 9.17) is 22.7 Å². The summed E-state index contributed by atoms with van der Waals surface area (Å²) >= 11 is 4.94. The van der Waals surface area contributed by atoms with Crippen LogP contribution in [0.15, 0.2) is 6.07 Å². The molecule has 1 aliphatic heterocycles. The summed E-state index contributed by atoms with van der Waals surface area (Å²) in [6.45, 7) is 2.57. The fourth-order valence-electron chi connectivity index (χ4n) is 2.19. The van der Waals surface area contributed by atoms with Crippen LogP contribution in [-0.2, 0) is 9.53 Å². The molecule has 1 fully saturated rings. The molecule has 1 unspecified atom stereocenters. The lowest BCUT2D eigenvalue weighted by Gasteiger charge is -2.23. The van der Waals surface area contributed by atoms with E-state index in [-0.39, 0.29) is 17.0 Å². The summed E-state index contributed by atoms with van der Waals surface area (Å²) in [6.07, 6.45) is 1.64. The van der Waals surface area contributed by atoms with E-state index in [1.54, 1.807) is 6.07 Å². The standard InChI is InChI=1S/C12H16N4O2S/c1-7-6-8(10(13)19)15-12(14-7)16-5-3-4-9(16)11(17)18-2/h6,9H,3-5H2,1-2H3,(H2,13,19). The van der Waals surface area contributed by atoms with E-state index in [1.165, 1.54) is 7.11 Å². The first kappa shape index (κ1) is 13.7. The molecule has 0 spiro atoms. The van der Waals surface area contributed by atoms with Gasteiger partial charge in [0.05, 0.1) is 7.11 Å². The highest BCUT2D eigenvalue weighted by atomic mass is 32.1. The Balaban J connectivity index is 2.35. The molecule has 0 saturated carbocycles. The third-order valence-electron chi connectivity index (χ3n) is 3.08. The lowest BCUT2D eigenvalue weighted by atomic mass is 10.2. The summed E-state index contributed by atoms with van der Waals surface area (Å²) in [5, 5.41) is 0. The predicted octanol–water partition coefficient (Wildman–Crippen LogP) is 0.561. The first-order valence-electron chi connectivity index (χ1n) is 6.03. The van der Waals surface area contributed by atoms with Gasteiger partial charge in [0.1, 0.15) is 16.7 Å². The summed E-state index contributed by atoms with van der Waals surface area (Å²) < 4.78 is 4.81. The number of anilines is 1. The molecule has 0 radical (unpaired) electrons. The Morgan fingerprint density at radius 1 is 1.58 bits per heavy atom. The van der Waals surface area contributed by atoms with Crippen LogP contribution in [-0.4, -0.2) is 40.6 Å². The van der Waals surface area contributed by atoms with Crippen LogP contribution < -0.4 is 10.6 Å². The second-order valence-electron chi connectivity index (χ2n) is 4.43. The maximum absolute atomic E-state index is 11.7. The molecule has 1 aliphatic rings. The molecule has 2 heterocycles. The number of nitrogens with two attached hydrogens (primary N) is 1. The average Bonchev–Trinajstić information content (AvgIpc) is 2.86. The van der Waals surface area contributed by atoms with Crippen molar-refractivity contribution in [3.05, 3.63) is 17.5 Å². The molecular weight excluding hydrogens is 264 g/mol. The van der Waals surface area contributed by atoms with E-state index >= 15 is 0 Å². The molecule has 19 heavy (non-hydrogen) atoms. The zero-order chi connectivity index (χ0) is 14.0. The molecule has 0 bridgehead atoms. The number of ether oxygens (including phenoxy) is 1. The monoisotopic (exact) mass is 280 g/mol. The van der Waals surface area contributed by atoms with Crippen LogP contribution in [0.3, 0.4) is 0 Å². The highest BCUT2D eigenvalue weighted by Crippen LogP contribution is 2.23. The van der Waals surface area contributed by atoms with E-state index in [0.29, 0.717) is 11.6 Å². The average molecular weight is 280 g/mol. The van der Waals surface area contributed by atoms with Crippen molar-refractivity contribution in [3.63, 3.8) is 0 Å². The zero-order valence-electron chi connectivity index (χ0n) is 10.9. The first-order chi connectivity index (χ1) is 9.02. The summed E-state index contributed by atoms with van der Waals surface area (Å²) in [5.41, 5.74) is 6.89. The molecule has 7 heteroatoms. The van der Waals surface area contributed by atoms with Gasteiger partial charge in [-0.15, -0.1) is 0 Å². The second-order valence-corrected chi connectivity index (χ2v) is 4.87. The minimum absolute atomic E-state index is 0.223. The quantitative estimate of drug-likeness (QED) is 0.640. The van der Waals surface area contributed by atoms with Gasteiger partial charge in [-0.1, -0.05) is 12.2 Å². The third-order valence-corrected chi connectivity index (χ3v) is 3.29. The maximum atomic E-state index is 11.7. The number of aryl methyl sites for hydroxylation is 1. The summed E-state index contributed by atoms with van der Waals surface area (Å²) in [7, 11) is 1.39. The summed E-state index contributed by atoms with van der Waals surface area (Å²) in [4.78, 5) is 22.5. The number of rotatable bonds is 3. The fraction of sp³-hybridized carbons (Fsp3) is 0.500. The van der Waals surface area contributed by atoms with E-state index in [9.17, 15) is 4.79 Å². The van der Waals surface area contributed by atoms with Gasteiger partial charge in [0, 0.05) is 12.2 Å². The van der Waals surface area contributed by atoms with Crippen molar-refractivity contribution >= 4 is 29.1 Å². The van der Waals surface area contributed by atoms with Gasteiger partial charge in [0.15, 0.2) is 0 Å². The van der Waals surface area contributed by atoms with Crippen molar-refractivity contribution < 1.29 is 9.53 Å². The van der Waals surface area contributed by atoms with Crippen molar-refractivity contribution in [2.24, 2.45) is 5.73 Å². The molecule has 1 atom stereocenters. The van der Waals surface area contributed by atoms with Crippen molar-refractivity contribution in [2.75, 3.05) is 18.6 Å². The second kappa shape index (κ2) is 5.48. The SMILES string of the molecule is COC(=O)C1CCCN1c1nc(C)cc(C(N)=S)n1. The summed E-state index contributed by atoms with van der Waals surface area (Å²) in [5.74, 6) is 0.218. The fourth-order valence-corrected chi connectivity index (χ4v) is 2.30. The first-order valence-corrected chi connectivity index (χ1v) is 6.43. The molecule has 2 N–H and O–H groups in total. The lowest BCUT2D eigenvalue weighted by Crippen LogP contribution is -2.38. The Morgan fingerprint density at radius 2 is 2.32 bits per heavy atom. The molecule has 1 saturated heterocycles. The number of carbonyl (C=O) groups excluding carboxylic acids is 1. The Kier molecular flexibility index (Phi) is 3.94. The van der Waals surface area contributed by atoms with Crippen molar-refractivity contribution in [1.82, 2.24) is 9.97 Å². The van der Waals surface area contributed by atoms with Gasteiger partial charge in [-0.05, 0) is 25.8 Å². The van der Waals surface area contributed by atoms with Crippen LogP contribution in [0.1, 0.15) is 24.2 Å². The lowest BCUT2D eigenvalue weighted by molar-refractivity contribution is -0.141. The van der Waals surface area contributed by atoms with E-state index in [2.05, 4.69) is 9.97 Å². The smallest absolute Gasteiger partial charge is 0.328 e. The van der Waals surface area contributed by atoms with Crippen LogP contribution >= 0.6 is 12.2 Å². The van der Waals surface area contributed by atoms with Gasteiger partial charge < -0.3 is 15.4 Å². The highest BCUT2D eigenvalue weighted by Gasteiger charge is 2.33. The minimum atomic E-state index is -0.328. The van der Waals surface area contributed by atoms with Crippen molar-refractivity contribution in [3.8, 4) is 0 Å². The Hall–Kier alpha value is -1.76. The number of aromatic nitrogens is 2. The Labute approximate surface area is 117 Å². The van der Waals surface area contributed by atoms with E-state index in [1.807, 2.05) is 11.8 Å². The molecule has 6 nitrogen and oxygen atoms in total. The zero-order valence-corrected chi connectivity index (χ0v) is 11.7. The van der Waals surface area contributed by atoms with Gasteiger partial charge in [0.25, 0.3) is 0 Å². The topological polar surface area (TPSA) is 81.3 Å². The minimum Gasteiger partial charge on any atom is -0.467 e. The third kappa shape index (κ3) is 2.81. The van der Waals surface area contributed by atoms with Gasteiger partial charge >= 0.3 is 5.97 Å². The van der Waals surface area contributed by atoms with Gasteiger partial charge in [-0.25, -0.2) is 14.8 Å². The maximum Gasteiger partial charge on any atom is 0.328 e. The van der Waals surface area contributed by atoms with Crippen molar-refractivity contribution in [1.29, 1.82) is 0 Å². The molecule has 102 valence electrons. The number of thiocarbonyl (C=S) groups is 1. The van der Waals surface area contributed by atoms with Crippen LogP contribution in [0, 0.1) is 6.92 Å². The molecule has 0 aliphatic carbocycles. The van der Waals surface area contributed by atoms with Gasteiger partial charge in [-0.2, -0.15) is 0 Å². The highest BCUT2D eigenvalue weighted by molar-refractivity contribution is 7.80. The largest absolute Gasteiger partial charge is 0.467 e. The van der Waals surface area contributed by atoms with Crippen LogP contribution in [0.5, 0.6) is 0 Å². The number of nitrogens with zero attached hydrogens (tertiary/aromatic N) is 3. The van der Waals surface area contributed by atoms with Crippen LogP contribution in [0.2, 0.25) is 0 Å². The summed E-state index contributed by atoms with van der Waals surface area (Å²) in [6, 6.07) is 1.40. The molecular formula is C12H16N4O2S. The molecule has 0 aromatic carbocycles. The predicted molar refractivity (Wildman–Crippen MR) is 75.0 cm³/mol. The number of carbonyl (C=O) groups is 1. The van der Waals surface area contributed by atoms with Crippen LogP contribution in [0.4, 0.5) is 5.95 Å².